The molecule has 0 aliphatic rings. The number of rotatable bonds is 4. The van der Waals surface area contributed by atoms with E-state index in [1.165, 1.54) is 23.3 Å². The highest BCUT2D eigenvalue weighted by molar-refractivity contribution is 5.96. The lowest BCUT2D eigenvalue weighted by atomic mass is 10.0. The molecule has 0 aliphatic carbocycles. The van der Waals surface area contributed by atoms with E-state index in [1.807, 2.05) is 7.05 Å². The van der Waals surface area contributed by atoms with E-state index in [2.05, 4.69) is 36.9 Å². The molecule has 0 amide bonds. The van der Waals surface area contributed by atoms with Crippen molar-refractivity contribution in [2.24, 2.45) is 5.73 Å². The molecular formula is C17H20FN3. The van der Waals surface area contributed by atoms with Gasteiger partial charge in [-0.25, -0.2) is 4.39 Å². The molecule has 0 fully saturated rings. The molecule has 4 heteroatoms. The van der Waals surface area contributed by atoms with Gasteiger partial charge < -0.3 is 10.6 Å². The van der Waals surface area contributed by atoms with Crippen molar-refractivity contribution >= 4 is 11.5 Å². The maximum Gasteiger partial charge on any atom is 0.123 e. The Bertz CT molecular complexity index is 680. The second kappa shape index (κ2) is 5.95. The molecule has 0 saturated carbocycles. The normalized spacial score (nSPS) is 10.5. The molecule has 0 aliphatic heterocycles. The van der Waals surface area contributed by atoms with Crippen LogP contribution in [0, 0.1) is 25.1 Å². The minimum Gasteiger partial charge on any atom is -0.384 e. The number of amidine groups is 1. The molecule has 110 valence electrons. The average Bonchev–Trinajstić information content (AvgIpc) is 2.40. The fourth-order valence-corrected chi connectivity index (χ4v) is 2.51. The number of nitrogen functional groups attached to an aromatic ring is 1. The molecule has 21 heavy (non-hydrogen) atoms. The van der Waals surface area contributed by atoms with Crippen LogP contribution in [0.25, 0.3) is 0 Å². The van der Waals surface area contributed by atoms with E-state index in [-0.39, 0.29) is 11.7 Å². The van der Waals surface area contributed by atoms with E-state index in [1.54, 1.807) is 6.07 Å². The number of hydrogen-bond donors (Lipinski definition) is 2. The van der Waals surface area contributed by atoms with Crippen LogP contribution in [0.2, 0.25) is 0 Å². The Morgan fingerprint density at radius 2 is 1.90 bits per heavy atom. The van der Waals surface area contributed by atoms with Crippen molar-refractivity contribution in [2.75, 3.05) is 11.9 Å². The van der Waals surface area contributed by atoms with Crippen LogP contribution >= 0.6 is 0 Å². The van der Waals surface area contributed by atoms with Crippen molar-refractivity contribution in [3.63, 3.8) is 0 Å². The first-order chi connectivity index (χ1) is 9.88. The lowest BCUT2D eigenvalue weighted by Crippen LogP contribution is -2.21. The lowest BCUT2D eigenvalue weighted by Gasteiger charge is -2.23. The van der Waals surface area contributed by atoms with Crippen molar-refractivity contribution in [1.82, 2.24) is 0 Å². The third-order valence-corrected chi connectivity index (χ3v) is 3.53. The summed E-state index contributed by atoms with van der Waals surface area (Å²) in [5, 5.41) is 7.58. The Kier molecular flexibility index (Phi) is 4.26. The van der Waals surface area contributed by atoms with E-state index in [4.69, 9.17) is 11.1 Å². The van der Waals surface area contributed by atoms with Crippen LogP contribution in [0.15, 0.2) is 36.4 Å². The van der Waals surface area contributed by atoms with E-state index in [0.29, 0.717) is 12.1 Å². The smallest absolute Gasteiger partial charge is 0.123 e. The Balaban J connectivity index is 2.31. The maximum absolute atomic E-state index is 13.3. The van der Waals surface area contributed by atoms with Crippen LogP contribution in [0.3, 0.4) is 0 Å². The fraction of sp³-hybridized carbons (Fsp3) is 0.235. The number of nitrogens with one attached hydrogen (secondary N) is 1. The van der Waals surface area contributed by atoms with Gasteiger partial charge in [-0.05, 0) is 43.2 Å². The minimum atomic E-state index is -0.377. The van der Waals surface area contributed by atoms with Gasteiger partial charge in [0.25, 0.3) is 0 Å². The van der Waals surface area contributed by atoms with Gasteiger partial charge in [-0.1, -0.05) is 23.8 Å². The Morgan fingerprint density at radius 3 is 2.52 bits per heavy atom. The van der Waals surface area contributed by atoms with Crippen LogP contribution in [0.1, 0.15) is 22.3 Å². The standard InChI is InChI=1S/C17H20FN3/c1-11-4-7-16(12(2)8-11)21(3)10-13-5-6-14(18)9-15(13)17(19)20/h4-9H,10H2,1-3H3,(H3,19,20). The molecule has 0 atom stereocenters. The zero-order valence-electron chi connectivity index (χ0n) is 12.6. The number of halogens is 1. The molecule has 2 aromatic carbocycles. The van der Waals surface area contributed by atoms with Gasteiger partial charge in [0.05, 0.1) is 0 Å². The molecule has 0 aromatic heterocycles. The molecule has 0 spiro atoms. The Hall–Kier alpha value is -2.36. The highest BCUT2D eigenvalue weighted by atomic mass is 19.1. The second-order valence-corrected chi connectivity index (χ2v) is 5.36. The van der Waals surface area contributed by atoms with E-state index in [9.17, 15) is 4.39 Å². The molecule has 0 radical (unpaired) electrons. The average molecular weight is 285 g/mol. The molecule has 2 aromatic rings. The van der Waals surface area contributed by atoms with Gasteiger partial charge in [-0.2, -0.15) is 0 Å². The van der Waals surface area contributed by atoms with Gasteiger partial charge in [0.2, 0.25) is 0 Å². The topological polar surface area (TPSA) is 53.1 Å². The maximum atomic E-state index is 13.3. The fourth-order valence-electron chi connectivity index (χ4n) is 2.51. The third-order valence-electron chi connectivity index (χ3n) is 3.53. The number of nitrogens with zero attached hydrogens (tertiary/aromatic N) is 1. The van der Waals surface area contributed by atoms with E-state index < -0.39 is 0 Å². The van der Waals surface area contributed by atoms with Crippen LogP contribution < -0.4 is 10.6 Å². The summed E-state index contributed by atoms with van der Waals surface area (Å²) < 4.78 is 13.3. The van der Waals surface area contributed by atoms with Gasteiger partial charge in [-0.3, -0.25) is 5.41 Å². The monoisotopic (exact) mass is 285 g/mol. The largest absolute Gasteiger partial charge is 0.384 e. The molecule has 3 nitrogen and oxygen atoms in total. The molecule has 3 N–H and O–H groups in total. The van der Waals surface area contributed by atoms with Gasteiger partial charge in [-0.15, -0.1) is 0 Å². The van der Waals surface area contributed by atoms with Crippen molar-refractivity contribution in [1.29, 1.82) is 5.41 Å². The molecule has 0 heterocycles. The number of anilines is 1. The minimum absolute atomic E-state index is 0.112. The summed E-state index contributed by atoms with van der Waals surface area (Å²) >= 11 is 0. The predicted molar refractivity (Wildman–Crippen MR) is 85.4 cm³/mol. The highest BCUT2D eigenvalue weighted by Gasteiger charge is 2.11. The van der Waals surface area contributed by atoms with Gasteiger partial charge in [0, 0.05) is 24.8 Å². The SMILES string of the molecule is Cc1ccc(N(C)Cc2ccc(F)cc2C(=N)N)c(C)c1. The van der Waals surface area contributed by atoms with Crippen molar-refractivity contribution in [3.8, 4) is 0 Å². The summed E-state index contributed by atoms with van der Waals surface area (Å²) in [5.41, 5.74) is 10.3. The van der Waals surface area contributed by atoms with Crippen molar-refractivity contribution in [2.45, 2.75) is 20.4 Å². The summed E-state index contributed by atoms with van der Waals surface area (Å²) in [6.45, 7) is 4.69. The number of nitrogens with two attached hydrogens (primary N) is 1. The van der Waals surface area contributed by atoms with E-state index in [0.717, 1.165) is 11.3 Å². The van der Waals surface area contributed by atoms with Crippen LogP contribution in [-0.2, 0) is 6.54 Å². The summed E-state index contributed by atoms with van der Waals surface area (Å²) in [4.78, 5) is 2.08. The molecule has 0 saturated heterocycles. The van der Waals surface area contributed by atoms with E-state index >= 15 is 0 Å². The zero-order valence-corrected chi connectivity index (χ0v) is 12.6. The number of benzene rings is 2. The Morgan fingerprint density at radius 1 is 1.19 bits per heavy atom. The first-order valence-corrected chi connectivity index (χ1v) is 6.79. The third kappa shape index (κ3) is 3.40. The molecule has 0 bridgehead atoms. The van der Waals surface area contributed by atoms with Crippen LogP contribution in [0.5, 0.6) is 0 Å². The Labute approximate surface area is 124 Å². The summed E-state index contributed by atoms with van der Waals surface area (Å²) in [5.74, 6) is -0.489. The van der Waals surface area contributed by atoms with Crippen LogP contribution in [-0.4, -0.2) is 12.9 Å². The predicted octanol–water partition coefficient (Wildman–Crippen LogP) is 3.36. The van der Waals surface area contributed by atoms with Gasteiger partial charge >= 0.3 is 0 Å². The highest BCUT2D eigenvalue weighted by Crippen LogP contribution is 2.23. The molecular weight excluding hydrogens is 265 g/mol. The van der Waals surface area contributed by atoms with Crippen molar-refractivity contribution in [3.05, 3.63) is 64.5 Å². The summed E-state index contributed by atoms with van der Waals surface area (Å²) in [6.07, 6.45) is 0. The number of hydrogen-bond acceptors (Lipinski definition) is 2. The van der Waals surface area contributed by atoms with Crippen LogP contribution in [0.4, 0.5) is 10.1 Å². The van der Waals surface area contributed by atoms with Gasteiger partial charge in [0.1, 0.15) is 11.7 Å². The second-order valence-electron chi connectivity index (χ2n) is 5.36. The van der Waals surface area contributed by atoms with Gasteiger partial charge in [0.15, 0.2) is 0 Å². The lowest BCUT2D eigenvalue weighted by molar-refractivity contribution is 0.626. The molecule has 0 unspecified atom stereocenters. The summed E-state index contributed by atoms with van der Waals surface area (Å²) in [7, 11) is 1.98. The number of aryl methyl sites for hydroxylation is 2. The summed E-state index contributed by atoms with van der Waals surface area (Å²) in [6, 6.07) is 10.7. The van der Waals surface area contributed by atoms with Crippen molar-refractivity contribution < 1.29 is 4.39 Å². The first kappa shape index (κ1) is 15.0. The first-order valence-electron chi connectivity index (χ1n) is 6.79. The zero-order chi connectivity index (χ0) is 15.6. The molecule has 2 rings (SSSR count). The quantitative estimate of drug-likeness (QED) is 0.668.